The van der Waals surface area contributed by atoms with E-state index in [1.54, 1.807) is 7.05 Å². The molecule has 118 valence electrons. The van der Waals surface area contributed by atoms with Crippen molar-refractivity contribution in [3.05, 3.63) is 35.9 Å². The largest absolute Gasteiger partial charge is 0.356 e. The SMILES string of the molecule is CN=C(NC[C@@H]1CC(=O)N(C)[C@H]1c1ccccc1)NC1CC1. The van der Waals surface area contributed by atoms with E-state index in [4.69, 9.17) is 0 Å². The van der Waals surface area contributed by atoms with Crippen LogP contribution in [0.15, 0.2) is 35.3 Å². The first-order valence-corrected chi connectivity index (χ1v) is 7.97. The van der Waals surface area contributed by atoms with E-state index in [9.17, 15) is 4.79 Å². The molecular formula is C17H24N4O. The molecule has 2 atom stereocenters. The molecule has 2 fully saturated rings. The molecule has 1 saturated heterocycles. The molecule has 2 aliphatic rings. The lowest BCUT2D eigenvalue weighted by Gasteiger charge is -2.26. The quantitative estimate of drug-likeness (QED) is 0.655. The zero-order valence-electron chi connectivity index (χ0n) is 13.2. The second-order valence-corrected chi connectivity index (χ2v) is 6.20. The molecule has 0 aromatic heterocycles. The van der Waals surface area contributed by atoms with Crippen molar-refractivity contribution in [3.63, 3.8) is 0 Å². The summed E-state index contributed by atoms with van der Waals surface area (Å²) in [6.07, 6.45) is 3.03. The molecule has 0 radical (unpaired) electrons. The highest BCUT2D eigenvalue weighted by atomic mass is 16.2. The Hall–Kier alpha value is -2.04. The van der Waals surface area contributed by atoms with Crippen LogP contribution in [0.2, 0.25) is 0 Å². The van der Waals surface area contributed by atoms with Gasteiger partial charge in [0.05, 0.1) is 6.04 Å². The standard InChI is InChI=1S/C17H24N4O/c1-18-17(20-14-8-9-14)19-11-13-10-15(22)21(2)16(13)12-6-4-3-5-7-12/h3-7,13-14,16H,8-11H2,1-2H3,(H2,18,19,20)/t13-,16-/m0/s1. The summed E-state index contributed by atoms with van der Waals surface area (Å²) in [6.45, 7) is 0.752. The van der Waals surface area contributed by atoms with Gasteiger partial charge in [-0.1, -0.05) is 30.3 Å². The van der Waals surface area contributed by atoms with Crippen molar-refractivity contribution in [2.24, 2.45) is 10.9 Å². The zero-order chi connectivity index (χ0) is 15.5. The lowest BCUT2D eigenvalue weighted by Crippen LogP contribution is -2.41. The number of amides is 1. The number of carbonyl (C=O) groups excluding carboxylic acids is 1. The molecule has 1 aliphatic heterocycles. The minimum Gasteiger partial charge on any atom is -0.356 e. The number of rotatable bonds is 4. The molecule has 5 nitrogen and oxygen atoms in total. The van der Waals surface area contributed by atoms with Crippen molar-refractivity contribution in [1.29, 1.82) is 0 Å². The van der Waals surface area contributed by atoms with E-state index >= 15 is 0 Å². The van der Waals surface area contributed by atoms with Gasteiger partial charge in [-0.05, 0) is 18.4 Å². The summed E-state index contributed by atoms with van der Waals surface area (Å²) in [6, 6.07) is 11.0. The number of guanidine groups is 1. The van der Waals surface area contributed by atoms with Crippen LogP contribution in [0.5, 0.6) is 0 Å². The van der Waals surface area contributed by atoms with Crippen molar-refractivity contribution in [2.75, 3.05) is 20.6 Å². The molecule has 0 unspecified atom stereocenters. The van der Waals surface area contributed by atoms with Gasteiger partial charge in [-0.15, -0.1) is 0 Å². The lowest BCUT2D eigenvalue weighted by molar-refractivity contribution is -0.127. The van der Waals surface area contributed by atoms with Crippen LogP contribution in [0.4, 0.5) is 0 Å². The number of hydrogen-bond acceptors (Lipinski definition) is 2. The maximum atomic E-state index is 12.1. The van der Waals surface area contributed by atoms with Crippen LogP contribution >= 0.6 is 0 Å². The Labute approximate surface area is 131 Å². The van der Waals surface area contributed by atoms with Gasteiger partial charge in [-0.2, -0.15) is 0 Å². The number of nitrogens with one attached hydrogen (secondary N) is 2. The van der Waals surface area contributed by atoms with E-state index in [2.05, 4.69) is 27.8 Å². The normalized spacial score (nSPS) is 25.5. The summed E-state index contributed by atoms with van der Waals surface area (Å²) in [5.74, 6) is 1.32. The molecular weight excluding hydrogens is 276 g/mol. The Morgan fingerprint density at radius 2 is 2.05 bits per heavy atom. The third kappa shape index (κ3) is 3.24. The second kappa shape index (κ2) is 6.38. The first kappa shape index (κ1) is 14.9. The number of hydrogen-bond donors (Lipinski definition) is 2. The third-order valence-electron chi connectivity index (χ3n) is 4.51. The van der Waals surface area contributed by atoms with Crippen molar-refractivity contribution < 1.29 is 4.79 Å². The molecule has 0 bridgehead atoms. The van der Waals surface area contributed by atoms with E-state index in [0.717, 1.165) is 12.5 Å². The Balaban J connectivity index is 1.66. The van der Waals surface area contributed by atoms with E-state index in [1.807, 2.05) is 30.1 Å². The minimum atomic E-state index is 0.139. The van der Waals surface area contributed by atoms with E-state index in [-0.39, 0.29) is 17.9 Å². The van der Waals surface area contributed by atoms with Crippen LogP contribution in [-0.2, 0) is 4.79 Å². The van der Waals surface area contributed by atoms with Crippen molar-refractivity contribution in [3.8, 4) is 0 Å². The monoisotopic (exact) mass is 300 g/mol. The van der Waals surface area contributed by atoms with Crippen molar-refractivity contribution >= 4 is 11.9 Å². The highest BCUT2D eigenvalue weighted by molar-refractivity contribution is 5.81. The molecule has 1 aromatic rings. The van der Waals surface area contributed by atoms with Gasteiger partial charge >= 0.3 is 0 Å². The topological polar surface area (TPSA) is 56.7 Å². The summed E-state index contributed by atoms with van der Waals surface area (Å²) < 4.78 is 0. The average molecular weight is 300 g/mol. The molecule has 1 heterocycles. The first-order chi connectivity index (χ1) is 10.7. The van der Waals surface area contributed by atoms with Gasteiger partial charge in [0, 0.05) is 39.0 Å². The number of aliphatic imine (C=N–C) groups is 1. The number of nitrogens with zero attached hydrogens (tertiary/aromatic N) is 2. The van der Waals surface area contributed by atoms with E-state index in [0.29, 0.717) is 12.5 Å². The van der Waals surface area contributed by atoms with Crippen LogP contribution in [0.1, 0.15) is 30.9 Å². The summed E-state index contributed by atoms with van der Waals surface area (Å²) in [4.78, 5) is 18.3. The molecule has 1 amide bonds. The van der Waals surface area contributed by atoms with Crippen LogP contribution in [0.3, 0.4) is 0 Å². The van der Waals surface area contributed by atoms with Crippen molar-refractivity contribution in [1.82, 2.24) is 15.5 Å². The Kier molecular flexibility index (Phi) is 4.32. The Morgan fingerprint density at radius 3 is 2.68 bits per heavy atom. The first-order valence-electron chi connectivity index (χ1n) is 7.97. The predicted molar refractivity (Wildman–Crippen MR) is 87.6 cm³/mol. The number of benzene rings is 1. The third-order valence-corrected chi connectivity index (χ3v) is 4.51. The summed E-state index contributed by atoms with van der Waals surface area (Å²) >= 11 is 0. The van der Waals surface area contributed by atoms with Crippen LogP contribution in [0.25, 0.3) is 0 Å². The Morgan fingerprint density at radius 1 is 1.32 bits per heavy atom. The molecule has 0 spiro atoms. The summed E-state index contributed by atoms with van der Waals surface area (Å²) in [7, 11) is 3.69. The molecule has 3 rings (SSSR count). The van der Waals surface area contributed by atoms with Crippen LogP contribution in [-0.4, -0.2) is 43.4 Å². The smallest absolute Gasteiger partial charge is 0.223 e. The molecule has 1 aromatic carbocycles. The molecule has 1 saturated carbocycles. The predicted octanol–water partition coefficient (Wildman–Crippen LogP) is 1.53. The van der Waals surface area contributed by atoms with Gasteiger partial charge < -0.3 is 15.5 Å². The summed E-state index contributed by atoms with van der Waals surface area (Å²) in [5, 5.41) is 6.77. The van der Waals surface area contributed by atoms with Gasteiger partial charge in [-0.3, -0.25) is 9.79 Å². The molecule has 22 heavy (non-hydrogen) atoms. The molecule has 2 N–H and O–H groups in total. The van der Waals surface area contributed by atoms with Crippen LogP contribution < -0.4 is 10.6 Å². The fourth-order valence-corrected chi connectivity index (χ4v) is 3.12. The maximum Gasteiger partial charge on any atom is 0.223 e. The van der Waals surface area contributed by atoms with Gasteiger partial charge in [0.15, 0.2) is 5.96 Å². The number of carbonyl (C=O) groups is 1. The summed E-state index contributed by atoms with van der Waals surface area (Å²) in [5.41, 5.74) is 1.20. The fourth-order valence-electron chi connectivity index (χ4n) is 3.12. The highest BCUT2D eigenvalue weighted by Gasteiger charge is 2.38. The van der Waals surface area contributed by atoms with Gasteiger partial charge in [0.1, 0.15) is 0 Å². The lowest BCUT2D eigenvalue weighted by atomic mass is 9.94. The molecule has 1 aliphatic carbocycles. The van der Waals surface area contributed by atoms with Crippen molar-refractivity contribution in [2.45, 2.75) is 31.3 Å². The van der Waals surface area contributed by atoms with Gasteiger partial charge in [0.25, 0.3) is 0 Å². The van der Waals surface area contributed by atoms with Gasteiger partial charge in [0.2, 0.25) is 5.91 Å². The zero-order valence-corrected chi connectivity index (χ0v) is 13.2. The highest BCUT2D eigenvalue weighted by Crippen LogP contribution is 2.36. The second-order valence-electron chi connectivity index (χ2n) is 6.20. The van der Waals surface area contributed by atoms with Gasteiger partial charge in [-0.25, -0.2) is 0 Å². The van der Waals surface area contributed by atoms with E-state index in [1.165, 1.54) is 18.4 Å². The van der Waals surface area contributed by atoms with Crippen LogP contribution in [0, 0.1) is 5.92 Å². The number of likely N-dealkylation sites (tertiary alicyclic amines) is 1. The average Bonchev–Trinajstić information content (AvgIpc) is 3.31. The Bertz CT molecular complexity index is 553. The fraction of sp³-hybridized carbons (Fsp3) is 0.529. The van der Waals surface area contributed by atoms with E-state index < -0.39 is 0 Å². The maximum absolute atomic E-state index is 12.1. The molecule has 5 heteroatoms. The minimum absolute atomic E-state index is 0.139.